The van der Waals surface area contributed by atoms with E-state index in [4.69, 9.17) is 14.4 Å². The molecule has 0 N–H and O–H groups in total. The van der Waals surface area contributed by atoms with E-state index in [1.807, 2.05) is 0 Å². The predicted octanol–water partition coefficient (Wildman–Crippen LogP) is 14.6. The molecule has 0 spiro atoms. The van der Waals surface area contributed by atoms with Crippen LogP contribution in [0.4, 0.5) is 0 Å². The SMILES string of the molecule is c1ccc(-c2nc(-c3cc(-n4c5ccc6ccccc6c5c5c6ccccc6ccc54)cc4oc5c6ccccc6ccc5c34)nc3c2sc2ccccc23)cc1. The van der Waals surface area contributed by atoms with Gasteiger partial charge in [-0.3, -0.25) is 0 Å². The summed E-state index contributed by atoms with van der Waals surface area (Å²) in [5, 5.41) is 12.8. The van der Waals surface area contributed by atoms with Gasteiger partial charge in [-0.05, 0) is 57.3 Å². The number of thiophene rings is 1. The zero-order valence-electron chi connectivity index (χ0n) is 30.4. The van der Waals surface area contributed by atoms with Gasteiger partial charge < -0.3 is 8.98 Å². The summed E-state index contributed by atoms with van der Waals surface area (Å²) in [5.74, 6) is 0.671. The Morgan fingerprint density at radius 3 is 1.79 bits per heavy atom. The van der Waals surface area contributed by atoms with E-state index in [1.165, 1.54) is 37.0 Å². The Labute approximate surface area is 329 Å². The molecule has 0 fully saturated rings. The highest BCUT2D eigenvalue weighted by Crippen LogP contribution is 2.46. The minimum Gasteiger partial charge on any atom is -0.455 e. The Balaban J connectivity index is 1.21. The number of rotatable bonds is 3. The van der Waals surface area contributed by atoms with E-state index in [0.717, 1.165) is 81.9 Å². The van der Waals surface area contributed by atoms with Crippen LogP contribution in [0.2, 0.25) is 0 Å². The van der Waals surface area contributed by atoms with Crippen molar-refractivity contribution in [2.75, 3.05) is 0 Å². The average molecular weight is 744 g/mol. The molecule has 264 valence electrons. The largest absolute Gasteiger partial charge is 0.455 e. The zero-order chi connectivity index (χ0) is 37.2. The van der Waals surface area contributed by atoms with E-state index in [2.05, 4.69) is 180 Å². The van der Waals surface area contributed by atoms with Crippen LogP contribution in [0.15, 0.2) is 180 Å². The van der Waals surface area contributed by atoms with Crippen molar-refractivity contribution in [2.45, 2.75) is 0 Å². The molecule has 0 aliphatic rings. The Bertz CT molecular complexity index is 3720. The van der Waals surface area contributed by atoms with Crippen molar-refractivity contribution in [3.8, 4) is 28.3 Å². The summed E-state index contributed by atoms with van der Waals surface area (Å²) in [6, 6.07) is 62.9. The highest BCUT2D eigenvalue weighted by Gasteiger charge is 2.24. The first-order valence-electron chi connectivity index (χ1n) is 19.2. The maximum Gasteiger partial charge on any atom is 0.161 e. The van der Waals surface area contributed by atoms with Crippen LogP contribution in [0.3, 0.4) is 0 Å². The second kappa shape index (κ2) is 11.6. The van der Waals surface area contributed by atoms with Crippen molar-refractivity contribution in [1.29, 1.82) is 0 Å². The van der Waals surface area contributed by atoms with Crippen molar-refractivity contribution in [1.82, 2.24) is 14.5 Å². The van der Waals surface area contributed by atoms with Crippen LogP contribution in [-0.2, 0) is 0 Å². The molecule has 5 heteroatoms. The standard InChI is InChI=1S/C52H29N3OS/c1-2-15-33(16-3-1)48-51-49(38-20-10-11-21-44(38)57-51)54-52(53-48)40-28-34(29-43-45(40)39-25-22-32-14-6-9-19-37(32)50(39)56-43)55-41-26-23-30-12-4-7-17-35(30)46(41)47-36-18-8-5-13-31(36)24-27-42(47)55/h1-29H. The molecular weight excluding hydrogens is 715 g/mol. The van der Waals surface area contributed by atoms with Gasteiger partial charge in [0.15, 0.2) is 5.82 Å². The normalized spacial score (nSPS) is 12.2. The molecule has 13 rings (SSSR count). The predicted molar refractivity (Wildman–Crippen MR) is 240 cm³/mol. The van der Waals surface area contributed by atoms with Gasteiger partial charge in [-0.25, -0.2) is 9.97 Å². The van der Waals surface area contributed by atoms with Gasteiger partial charge in [0, 0.05) is 54.2 Å². The highest BCUT2D eigenvalue weighted by molar-refractivity contribution is 7.26. The summed E-state index contributed by atoms with van der Waals surface area (Å²) in [7, 11) is 0. The number of fused-ring (bicyclic) bond motifs is 15. The number of nitrogens with zero attached hydrogens (tertiary/aromatic N) is 3. The first-order chi connectivity index (χ1) is 28.3. The van der Waals surface area contributed by atoms with Crippen LogP contribution in [0, 0.1) is 0 Å². The molecule has 4 aromatic heterocycles. The number of benzene rings is 9. The zero-order valence-corrected chi connectivity index (χ0v) is 31.2. The highest BCUT2D eigenvalue weighted by atomic mass is 32.1. The smallest absolute Gasteiger partial charge is 0.161 e. The fourth-order valence-electron chi connectivity index (χ4n) is 9.25. The van der Waals surface area contributed by atoms with E-state index in [0.29, 0.717) is 5.82 Å². The second-order valence-electron chi connectivity index (χ2n) is 14.9. The van der Waals surface area contributed by atoms with Crippen LogP contribution in [0.5, 0.6) is 0 Å². The molecule has 0 amide bonds. The molecule has 0 aliphatic carbocycles. The van der Waals surface area contributed by atoms with E-state index >= 15 is 0 Å². The van der Waals surface area contributed by atoms with Crippen molar-refractivity contribution >= 4 is 108 Å². The molecule has 0 bridgehead atoms. The number of hydrogen-bond donors (Lipinski definition) is 0. The monoisotopic (exact) mass is 743 g/mol. The van der Waals surface area contributed by atoms with Gasteiger partial charge >= 0.3 is 0 Å². The van der Waals surface area contributed by atoms with Gasteiger partial charge in [0.25, 0.3) is 0 Å². The van der Waals surface area contributed by atoms with E-state index in [-0.39, 0.29) is 0 Å². The van der Waals surface area contributed by atoms with Crippen LogP contribution < -0.4 is 0 Å². The third kappa shape index (κ3) is 4.37. The minimum absolute atomic E-state index is 0.671. The Kier molecular flexibility index (Phi) is 6.29. The van der Waals surface area contributed by atoms with Gasteiger partial charge in [-0.1, -0.05) is 140 Å². The van der Waals surface area contributed by atoms with Crippen molar-refractivity contribution < 1.29 is 4.42 Å². The molecular formula is C52H29N3OS. The summed E-state index contributed by atoms with van der Waals surface area (Å²) in [6.07, 6.45) is 0. The van der Waals surface area contributed by atoms with Crippen molar-refractivity contribution in [2.24, 2.45) is 0 Å². The Morgan fingerprint density at radius 1 is 0.474 bits per heavy atom. The lowest BCUT2D eigenvalue weighted by Gasteiger charge is -2.13. The maximum absolute atomic E-state index is 7.02. The lowest BCUT2D eigenvalue weighted by Crippen LogP contribution is -1.98. The molecule has 4 nitrogen and oxygen atoms in total. The topological polar surface area (TPSA) is 43.9 Å². The van der Waals surface area contributed by atoms with E-state index in [1.54, 1.807) is 11.3 Å². The summed E-state index contributed by atoms with van der Waals surface area (Å²) >= 11 is 1.75. The van der Waals surface area contributed by atoms with Crippen LogP contribution in [0.25, 0.3) is 125 Å². The van der Waals surface area contributed by atoms with Crippen molar-refractivity contribution in [3.63, 3.8) is 0 Å². The van der Waals surface area contributed by atoms with Crippen LogP contribution >= 0.6 is 11.3 Å². The molecule has 4 heterocycles. The first-order valence-corrected chi connectivity index (χ1v) is 20.1. The van der Waals surface area contributed by atoms with Gasteiger partial charge in [0.2, 0.25) is 0 Å². The molecule has 0 saturated carbocycles. The molecule has 0 radical (unpaired) electrons. The van der Waals surface area contributed by atoms with Gasteiger partial charge in [0.1, 0.15) is 11.2 Å². The van der Waals surface area contributed by atoms with Gasteiger partial charge in [-0.15, -0.1) is 11.3 Å². The van der Waals surface area contributed by atoms with Gasteiger partial charge in [-0.2, -0.15) is 0 Å². The number of furan rings is 1. The number of aromatic nitrogens is 3. The second-order valence-corrected chi connectivity index (χ2v) is 15.9. The summed E-state index contributed by atoms with van der Waals surface area (Å²) in [6.45, 7) is 0. The summed E-state index contributed by atoms with van der Waals surface area (Å²) < 4.78 is 11.7. The van der Waals surface area contributed by atoms with Crippen LogP contribution in [-0.4, -0.2) is 14.5 Å². The first kappa shape index (κ1) is 30.9. The minimum atomic E-state index is 0.671. The van der Waals surface area contributed by atoms with Crippen molar-refractivity contribution in [3.05, 3.63) is 176 Å². The molecule has 57 heavy (non-hydrogen) atoms. The molecule has 0 aliphatic heterocycles. The maximum atomic E-state index is 7.02. The van der Waals surface area contributed by atoms with E-state index in [9.17, 15) is 0 Å². The number of hydrogen-bond acceptors (Lipinski definition) is 4. The molecule has 9 aromatic carbocycles. The lowest BCUT2D eigenvalue weighted by molar-refractivity contribution is 0.672. The Hall–Kier alpha value is -7.34. The van der Waals surface area contributed by atoms with E-state index < -0.39 is 0 Å². The quantitative estimate of drug-likeness (QED) is 0.181. The van der Waals surface area contributed by atoms with Gasteiger partial charge in [0.05, 0.1) is 32.6 Å². The fraction of sp³-hybridized carbons (Fsp3) is 0. The van der Waals surface area contributed by atoms with Crippen LogP contribution in [0.1, 0.15) is 0 Å². The molecule has 0 unspecified atom stereocenters. The molecule has 13 aromatic rings. The summed E-state index contributed by atoms with van der Waals surface area (Å²) in [5.41, 5.74) is 8.82. The summed E-state index contributed by atoms with van der Waals surface area (Å²) in [4.78, 5) is 11.0. The fourth-order valence-corrected chi connectivity index (χ4v) is 10.4. The average Bonchev–Trinajstić information content (AvgIpc) is 3.96. The third-order valence-corrected chi connectivity index (χ3v) is 12.9. The lowest BCUT2D eigenvalue weighted by atomic mass is 10.00. The molecule has 0 atom stereocenters. The molecule has 0 saturated heterocycles. The Morgan fingerprint density at radius 2 is 1.07 bits per heavy atom. The third-order valence-electron chi connectivity index (χ3n) is 11.8.